The zero-order valence-corrected chi connectivity index (χ0v) is 17.3. The Hall–Kier alpha value is -2.00. The summed E-state index contributed by atoms with van der Waals surface area (Å²) >= 11 is 0. The molecule has 0 aliphatic heterocycles. The van der Waals surface area contributed by atoms with Crippen LogP contribution in [0.25, 0.3) is 21.5 Å². The Bertz CT molecular complexity index is 1120. The second-order valence-electron chi connectivity index (χ2n) is 6.60. The molecule has 0 amide bonds. The summed E-state index contributed by atoms with van der Waals surface area (Å²) in [6.45, 7) is 0.0300. The van der Waals surface area contributed by atoms with E-state index in [4.69, 9.17) is 8.37 Å². The monoisotopic (exact) mass is 422 g/mol. The second-order valence-corrected chi connectivity index (χ2v) is 9.89. The first-order valence-corrected chi connectivity index (χ1v) is 12.4. The minimum Gasteiger partial charge on any atom is -0.270 e. The third-order valence-electron chi connectivity index (χ3n) is 4.46. The zero-order valence-electron chi connectivity index (χ0n) is 15.7. The average molecular weight is 423 g/mol. The van der Waals surface area contributed by atoms with E-state index in [-0.39, 0.29) is 13.2 Å². The highest BCUT2D eigenvalue weighted by Crippen LogP contribution is 2.33. The van der Waals surface area contributed by atoms with Crippen molar-refractivity contribution < 1.29 is 25.2 Å². The Morgan fingerprint density at radius 2 is 0.929 bits per heavy atom. The smallest absolute Gasteiger partial charge is 0.264 e. The molecule has 28 heavy (non-hydrogen) atoms. The lowest BCUT2D eigenvalue weighted by molar-refractivity contribution is 0.320. The molecule has 0 aliphatic carbocycles. The molecule has 0 fully saturated rings. The van der Waals surface area contributed by atoms with E-state index in [1.165, 1.54) is 0 Å². The zero-order chi connectivity index (χ0) is 20.4. The van der Waals surface area contributed by atoms with Crippen LogP contribution in [0.3, 0.4) is 0 Å². The van der Waals surface area contributed by atoms with Crippen LogP contribution in [0.1, 0.15) is 11.1 Å². The predicted molar refractivity (Wildman–Crippen MR) is 110 cm³/mol. The van der Waals surface area contributed by atoms with Crippen molar-refractivity contribution in [3.63, 3.8) is 0 Å². The molecule has 0 heterocycles. The van der Waals surface area contributed by atoms with E-state index < -0.39 is 20.2 Å². The molecular formula is C20H22O6S2. The third-order valence-corrected chi connectivity index (χ3v) is 5.65. The van der Waals surface area contributed by atoms with Crippen LogP contribution in [0, 0.1) is 0 Å². The molecule has 0 radical (unpaired) electrons. The molecule has 0 atom stereocenters. The molecule has 0 spiro atoms. The Labute approximate surface area is 165 Å². The van der Waals surface area contributed by atoms with E-state index in [0.717, 1.165) is 45.2 Å². The lowest BCUT2D eigenvalue weighted by Crippen LogP contribution is -2.11. The van der Waals surface area contributed by atoms with Crippen LogP contribution >= 0.6 is 0 Å². The van der Waals surface area contributed by atoms with Gasteiger partial charge in [-0.05, 0) is 45.5 Å². The Morgan fingerprint density at radius 1 is 0.607 bits per heavy atom. The van der Waals surface area contributed by atoms with Gasteiger partial charge in [0.25, 0.3) is 20.2 Å². The van der Waals surface area contributed by atoms with E-state index >= 15 is 0 Å². The van der Waals surface area contributed by atoms with Crippen LogP contribution in [-0.4, -0.2) is 42.6 Å². The largest absolute Gasteiger partial charge is 0.270 e. The van der Waals surface area contributed by atoms with Gasteiger partial charge in [0.15, 0.2) is 0 Å². The van der Waals surface area contributed by atoms with Crippen molar-refractivity contribution in [1.82, 2.24) is 0 Å². The lowest BCUT2D eigenvalue weighted by Gasteiger charge is -2.17. The first-order chi connectivity index (χ1) is 13.2. The fourth-order valence-electron chi connectivity index (χ4n) is 3.45. The van der Waals surface area contributed by atoms with E-state index in [9.17, 15) is 16.8 Å². The van der Waals surface area contributed by atoms with Gasteiger partial charge in [-0.25, -0.2) is 0 Å². The van der Waals surface area contributed by atoms with E-state index in [0.29, 0.717) is 12.8 Å². The van der Waals surface area contributed by atoms with Crippen LogP contribution in [0.5, 0.6) is 0 Å². The summed E-state index contributed by atoms with van der Waals surface area (Å²) in [7, 11) is -7.09. The van der Waals surface area contributed by atoms with Crippen LogP contribution in [0.15, 0.2) is 48.5 Å². The van der Waals surface area contributed by atoms with Gasteiger partial charge in [0.1, 0.15) is 0 Å². The standard InChI is InChI=1S/C20H22O6S2/c1-27(21,22)25-13-11-19-17-9-5-3-7-15(17)16-8-4-6-10-18(16)20(19)12-14-26-28(2,23)24/h3-10H,11-14H2,1-2H3. The number of hydrogen-bond donors (Lipinski definition) is 0. The third kappa shape index (κ3) is 5.08. The quantitative estimate of drug-likeness (QED) is 0.410. The summed E-state index contributed by atoms with van der Waals surface area (Å²) in [5.41, 5.74) is 1.88. The van der Waals surface area contributed by atoms with E-state index in [2.05, 4.69) is 0 Å². The topological polar surface area (TPSA) is 86.7 Å². The highest BCUT2D eigenvalue weighted by Gasteiger charge is 2.15. The maximum Gasteiger partial charge on any atom is 0.264 e. The molecule has 3 aromatic rings. The Kier molecular flexibility index (Phi) is 6.04. The summed E-state index contributed by atoms with van der Waals surface area (Å²) < 4.78 is 55.3. The van der Waals surface area contributed by atoms with Gasteiger partial charge in [-0.1, -0.05) is 48.5 Å². The molecule has 0 aliphatic rings. The summed E-state index contributed by atoms with van der Waals surface area (Å²) in [6, 6.07) is 15.8. The van der Waals surface area contributed by atoms with Gasteiger partial charge in [-0.3, -0.25) is 8.37 Å². The van der Waals surface area contributed by atoms with Gasteiger partial charge < -0.3 is 0 Å². The molecule has 6 nitrogen and oxygen atoms in total. The van der Waals surface area contributed by atoms with Crippen molar-refractivity contribution in [1.29, 1.82) is 0 Å². The summed E-state index contributed by atoms with van der Waals surface area (Å²) in [6.07, 6.45) is 2.80. The molecule has 0 saturated carbocycles. The molecule has 0 unspecified atom stereocenters. The molecule has 3 rings (SSSR count). The Balaban J connectivity index is 2.12. The van der Waals surface area contributed by atoms with E-state index in [1.807, 2.05) is 48.5 Å². The van der Waals surface area contributed by atoms with Gasteiger partial charge in [-0.15, -0.1) is 0 Å². The highest BCUT2D eigenvalue weighted by atomic mass is 32.2. The number of fused-ring (bicyclic) bond motifs is 3. The molecule has 3 aromatic carbocycles. The fraction of sp³-hybridized carbons (Fsp3) is 0.300. The van der Waals surface area contributed by atoms with Crippen LogP contribution in [0.2, 0.25) is 0 Å². The van der Waals surface area contributed by atoms with Crippen molar-refractivity contribution in [3.8, 4) is 0 Å². The fourth-order valence-corrected chi connectivity index (χ4v) is 4.22. The van der Waals surface area contributed by atoms with Gasteiger partial charge in [0.2, 0.25) is 0 Å². The molecule has 150 valence electrons. The SMILES string of the molecule is CS(=O)(=O)OCCc1c(CCOS(C)(=O)=O)c2ccccc2c2ccccc12. The molecule has 0 N–H and O–H groups in total. The average Bonchev–Trinajstić information content (AvgIpc) is 2.61. The number of rotatable bonds is 8. The molecular weight excluding hydrogens is 400 g/mol. The molecule has 0 aromatic heterocycles. The number of hydrogen-bond acceptors (Lipinski definition) is 6. The van der Waals surface area contributed by atoms with Crippen LogP contribution in [0.4, 0.5) is 0 Å². The molecule has 0 bridgehead atoms. The summed E-state index contributed by atoms with van der Waals surface area (Å²) in [5, 5.41) is 4.10. The number of benzene rings is 3. The predicted octanol–water partition coefficient (Wildman–Crippen LogP) is 3.03. The van der Waals surface area contributed by atoms with Gasteiger partial charge >= 0.3 is 0 Å². The minimum absolute atomic E-state index is 0.0150. The van der Waals surface area contributed by atoms with Crippen LogP contribution in [-0.2, 0) is 41.4 Å². The highest BCUT2D eigenvalue weighted by molar-refractivity contribution is 7.86. The van der Waals surface area contributed by atoms with Gasteiger partial charge in [0.05, 0.1) is 25.7 Å². The summed E-state index contributed by atoms with van der Waals surface area (Å²) in [4.78, 5) is 0. The van der Waals surface area contributed by atoms with Gasteiger partial charge in [0, 0.05) is 0 Å². The normalized spacial score (nSPS) is 12.6. The maximum atomic E-state index is 11.4. The minimum atomic E-state index is -3.54. The molecule has 0 saturated heterocycles. The maximum absolute atomic E-state index is 11.4. The van der Waals surface area contributed by atoms with Crippen molar-refractivity contribution in [2.24, 2.45) is 0 Å². The van der Waals surface area contributed by atoms with Crippen molar-refractivity contribution in [3.05, 3.63) is 59.7 Å². The first-order valence-electron chi connectivity index (χ1n) is 8.76. The summed E-state index contributed by atoms with van der Waals surface area (Å²) in [5.74, 6) is 0. The Morgan fingerprint density at radius 3 is 1.25 bits per heavy atom. The van der Waals surface area contributed by atoms with Crippen molar-refractivity contribution in [2.45, 2.75) is 12.8 Å². The van der Waals surface area contributed by atoms with Gasteiger partial charge in [-0.2, -0.15) is 16.8 Å². The van der Waals surface area contributed by atoms with Crippen molar-refractivity contribution in [2.75, 3.05) is 25.7 Å². The first kappa shape index (κ1) is 20.7. The van der Waals surface area contributed by atoms with Crippen LogP contribution < -0.4 is 0 Å². The van der Waals surface area contributed by atoms with Crippen molar-refractivity contribution >= 4 is 41.8 Å². The van der Waals surface area contributed by atoms with E-state index in [1.54, 1.807) is 0 Å². The molecule has 8 heteroatoms. The lowest BCUT2D eigenvalue weighted by atomic mass is 9.89. The second kappa shape index (κ2) is 8.16.